The van der Waals surface area contributed by atoms with E-state index in [1.54, 1.807) is 0 Å². The van der Waals surface area contributed by atoms with Crippen molar-refractivity contribution >= 4 is 10.8 Å². The van der Waals surface area contributed by atoms with Crippen LogP contribution in [0.5, 0.6) is 0 Å². The first-order valence-corrected chi connectivity index (χ1v) is 7.51. The van der Waals surface area contributed by atoms with E-state index in [0.29, 0.717) is 0 Å². The molecule has 1 aliphatic rings. The molecule has 0 bridgehead atoms. The molecule has 1 aliphatic carbocycles. The van der Waals surface area contributed by atoms with Gasteiger partial charge in [0.2, 0.25) is 0 Å². The monoisotopic (exact) mass is 253 g/mol. The normalized spacial score (nSPS) is 26.3. The van der Waals surface area contributed by atoms with Crippen LogP contribution in [0.2, 0.25) is 0 Å². The molecule has 2 aromatic carbocycles. The Morgan fingerprint density at radius 3 is 2.63 bits per heavy atom. The van der Waals surface area contributed by atoms with Gasteiger partial charge in [-0.25, -0.2) is 0 Å². The van der Waals surface area contributed by atoms with E-state index in [2.05, 4.69) is 61.6 Å². The Morgan fingerprint density at radius 2 is 1.89 bits per heavy atom. The summed E-state index contributed by atoms with van der Waals surface area (Å²) in [6, 6.07) is 16.3. The molecule has 3 atom stereocenters. The number of hydrogen-bond acceptors (Lipinski definition) is 1. The SMILES string of the molecule is CCCNC1CC(c2ccc3ccccc3c2)C1C. The van der Waals surface area contributed by atoms with Crippen LogP contribution in [0.4, 0.5) is 0 Å². The predicted molar refractivity (Wildman–Crippen MR) is 82.6 cm³/mol. The molecule has 1 heteroatoms. The van der Waals surface area contributed by atoms with Gasteiger partial charge in [0.25, 0.3) is 0 Å². The summed E-state index contributed by atoms with van der Waals surface area (Å²) in [5.41, 5.74) is 1.51. The second-order valence-electron chi connectivity index (χ2n) is 5.87. The minimum Gasteiger partial charge on any atom is -0.314 e. The van der Waals surface area contributed by atoms with Crippen molar-refractivity contribution in [2.75, 3.05) is 6.54 Å². The average molecular weight is 253 g/mol. The summed E-state index contributed by atoms with van der Waals surface area (Å²) in [6.45, 7) is 5.77. The Labute approximate surface area is 116 Å². The first kappa shape index (κ1) is 12.7. The predicted octanol–water partition coefficient (Wildman–Crippen LogP) is 4.33. The van der Waals surface area contributed by atoms with Crippen LogP contribution >= 0.6 is 0 Å². The van der Waals surface area contributed by atoms with E-state index in [-0.39, 0.29) is 0 Å². The van der Waals surface area contributed by atoms with Gasteiger partial charge in [0.1, 0.15) is 0 Å². The van der Waals surface area contributed by atoms with Crippen LogP contribution in [0.3, 0.4) is 0 Å². The Balaban J connectivity index is 1.75. The lowest BCUT2D eigenvalue weighted by atomic mass is 9.67. The summed E-state index contributed by atoms with van der Waals surface area (Å²) in [7, 11) is 0. The van der Waals surface area contributed by atoms with Gasteiger partial charge in [-0.15, -0.1) is 0 Å². The molecule has 3 rings (SSSR count). The molecular formula is C18H23N. The molecule has 1 fully saturated rings. The maximum atomic E-state index is 3.66. The summed E-state index contributed by atoms with van der Waals surface area (Å²) >= 11 is 0. The van der Waals surface area contributed by atoms with Crippen molar-refractivity contribution in [3.63, 3.8) is 0 Å². The molecule has 0 spiro atoms. The van der Waals surface area contributed by atoms with Gasteiger partial charge in [0, 0.05) is 6.04 Å². The van der Waals surface area contributed by atoms with E-state index in [9.17, 15) is 0 Å². The third-order valence-corrected chi connectivity index (χ3v) is 4.64. The van der Waals surface area contributed by atoms with Crippen molar-refractivity contribution in [2.45, 2.75) is 38.6 Å². The van der Waals surface area contributed by atoms with Crippen molar-refractivity contribution < 1.29 is 0 Å². The Morgan fingerprint density at radius 1 is 1.11 bits per heavy atom. The Bertz CT molecular complexity index is 560. The van der Waals surface area contributed by atoms with E-state index in [4.69, 9.17) is 0 Å². The van der Waals surface area contributed by atoms with E-state index >= 15 is 0 Å². The van der Waals surface area contributed by atoms with Crippen molar-refractivity contribution in [3.8, 4) is 0 Å². The third kappa shape index (κ3) is 2.40. The first-order valence-electron chi connectivity index (χ1n) is 7.51. The van der Waals surface area contributed by atoms with Crippen LogP contribution < -0.4 is 5.32 Å². The summed E-state index contributed by atoms with van der Waals surface area (Å²) in [6.07, 6.45) is 2.52. The molecule has 1 saturated carbocycles. The second-order valence-corrected chi connectivity index (χ2v) is 5.87. The van der Waals surface area contributed by atoms with Gasteiger partial charge in [0.05, 0.1) is 0 Å². The molecule has 0 radical (unpaired) electrons. The van der Waals surface area contributed by atoms with E-state index in [0.717, 1.165) is 24.4 Å². The standard InChI is InChI=1S/C18H23N/c1-3-10-19-18-12-17(13(18)2)16-9-8-14-6-4-5-7-15(14)11-16/h4-9,11,13,17-19H,3,10,12H2,1-2H3. The van der Waals surface area contributed by atoms with Crippen molar-refractivity contribution in [2.24, 2.45) is 5.92 Å². The van der Waals surface area contributed by atoms with Gasteiger partial charge in [-0.05, 0) is 47.6 Å². The fourth-order valence-electron chi connectivity index (χ4n) is 3.26. The smallest absolute Gasteiger partial charge is 0.0104 e. The molecule has 19 heavy (non-hydrogen) atoms. The minimum absolute atomic E-state index is 0.719. The van der Waals surface area contributed by atoms with Crippen LogP contribution in [0, 0.1) is 5.92 Å². The summed E-state index contributed by atoms with van der Waals surface area (Å²) in [5.74, 6) is 1.49. The van der Waals surface area contributed by atoms with E-state index < -0.39 is 0 Å². The Hall–Kier alpha value is -1.34. The lowest BCUT2D eigenvalue weighted by Gasteiger charge is -2.44. The van der Waals surface area contributed by atoms with Gasteiger partial charge >= 0.3 is 0 Å². The summed E-state index contributed by atoms with van der Waals surface area (Å²) < 4.78 is 0. The number of fused-ring (bicyclic) bond motifs is 1. The number of rotatable bonds is 4. The van der Waals surface area contributed by atoms with Gasteiger partial charge in [-0.1, -0.05) is 56.3 Å². The van der Waals surface area contributed by atoms with Crippen molar-refractivity contribution in [1.82, 2.24) is 5.32 Å². The molecule has 1 nitrogen and oxygen atoms in total. The number of hydrogen-bond donors (Lipinski definition) is 1. The third-order valence-electron chi connectivity index (χ3n) is 4.64. The fraction of sp³-hybridized carbons (Fsp3) is 0.444. The highest BCUT2D eigenvalue weighted by molar-refractivity contribution is 5.83. The highest BCUT2D eigenvalue weighted by Gasteiger charge is 2.37. The lowest BCUT2D eigenvalue weighted by molar-refractivity contribution is 0.185. The van der Waals surface area contributed by atoms with Gasteiger partial charge in [0.15, 0.2) is 0 Å². The van der Waals surface area contributed by atoms with Crippen LogP contribution in [0.25, 0.3) is 10.8 Å². The quantitative estimate of drug-likeness (QED) is 0.855. The van der Waals surface area contributed by atoms with Crippen LogP contribution in [-0.4, -0.2) is 12.6 Å². The molecule has 100 valence electrons. The lowest BCUT2D eigenvalue weighted by Crippen LogP contribution is -2.48. The van der Waals surface area contributed by atoms with Gasteiger partial charge in [-0.3, -0.25) is 0 Å². The molecule has 1 N–H and O–H groups in total. The molecular weight excluding hydrogens is 230 g/mol. The molecule has 0 aromatic heterocycles. The van der Waals surface area contributed by atoms with Gasteiger partial charge in [-0.2, -0.15) is 0 Å². The second kappa shape index (κ2) is 5.34. The summed E-state index contributed by atoms with van der Waals surface area (Å²) in [5, 5.41) is 6.37. The highest BCUT2D eigenvalue weighted by Crippen LogP contribution is 2.43. The van der Waals surface area contributed by atoms with Gasteiger partial charge < -0.3 is 5.32 Å². The first-order chi connectivity index (χ1) is 9.29. The topological polar surface area (TPSA) is 12.0 Å². The maximum Gasteiger partial charge on any atom is 0.0104 e. The zero-order valence-electron chi connectivity index (χ0n) is 11.9. The minimum atomic E-state index is 0.719. The maximum absolute atomic E-state index is 3.66. The molecule has 0 saturated heterocycles. The molecule has 0 amide bonds. The number of benzene rings is 2. The van der Waals surface area contributed by atoms with Crippen LogP contribution in [-0.2, 0) is 0 Å². The Kier molecular flexibility index (Phi) is 3.56. The number of nitrogens with one attached hydrogen (secondary N) is 1. The zero-order valence-corrected chi connectivity index (χ0v) is 11.9. The highest BCUT2D eigenvalue weighted by atomic mass is 14.9. The largest absolute Gasteiger partial charge is 0.314 e. The zero-order chi connectivity index (χ0) is 13.2. The van der Waals surface area contributed by atoms with Crippen molar-refractivity contribution in [1.29, 1.82) is 0 Å². The fourth-order valence-corrected chi connectivity index (χ4v) is 3.26. The molecule has 2 aromatic rings. The average Bonchev–Trinajstić information content (AvgIpc) is 2.45. The summed E-state index contributed by atoms with van der Waals surface area (Å²) in [4.78, 5) is 0. The van der Waals surface area contributed by atoms with E-state index in [1.165, 1.54) is 29.2 Å². The van der Waals surface area contributed by atoms with Crippen LogP contribution in [0.1, 0.15) is 38.2 Å². The van der Waals surface area contributed by atoms with Crippen LogP contribution in [0.15, 0.2) is 42.5 Å². The molecule has 0 aliphatic heterocycles. The molecule has 3 unspecified atom stereocenters. The molecule has 0 heterocycles. The van der Waals surface area contributed by atoms with E-state index in [1.807, 2.05) is 0 Å². The van der Waals surface area contributed by atoms with Crippen molar-refractivity contribution in [3.05, 3.63) is 48.0 Å².